The van der Waals surface area contributed by atoms with Gasteiger partial charge >= 0.3 is 5.97 Å². The van der Waals surface area contributed by atoms with Gasteiger partial charge in [0, 0.05) is 7.05 Å². The zero-order valence-corrected chi connectivity index (χ0v) is 10.1. The second-order valence-corrected chi connectivity index (χ2v) is 3.65. The van der Waals surface area contributed by atoms with Crippen molar-refractivity contribution >= 4 is 11.9 Å². The van der Waals surface area contributed by atoms with E-state index in [2.05, 4.69) is 6.58 Å². The normalized spacial score (nSPS) is 9.61. The van der Waals surface area contributed by atoms with E-state index in [0.29, 0.717) is 11.3 Å². The van der Waals surface area contributed by atoms with Gasteiger partial charge in [-0.1, -0.05) is 24.8 Å². The van der Waals surface area contributed by atoms with Crippen LogP contribution in [0.1, 0.15) is 10.4 Å². The molecule has 5 heteroatoms. The summed E-state index contributed by atoms with van der Waals surface area (Å²) < 4.78 is 5.35. The summed E-state index contributed by atoms with van der Waals surface area (Å²) in [5.74, 6) is -1.04. The van der Waals surface area contributed by atoms with Crippen molar-refractivity contribution in [1.82, 2.24) is 4.90 Å². The Bertz CT molecular complexity index is 456. The molecule has 0 saturated carbocycles. The molecular formula is C13H15NO4. The van der Waals surface area contributed by atoms with E-state index in [1.807, 2.05) is 0 Å². The number of carboxylic acids is 1. The third-order valence-corrected chi connectivity index (χ3v) is 2.19. The summed E-state index contributed by atoms with van der Waals surface area (Å²) >= 11 is 0. The molecule has 0 aliphatic carbocycles. The number of carbonyl (C=O) groups is 2. The number of carboxylic acid groups (broad SMARTS) is 1. The minimum atomic E-state index is -1.06. The van der Waals surface area contributed by atoms with Gasteiger partial charge in [-0.15, -0.1) is 0 Å². The van der Waals surface area contributed by atoms with E-state index in [1.54, 1.807) is 30.3 Å². The van der Waals surface area contributed by atoms with Gasteiger partial charge in [0.15, 0.2) is 0 Å². The van der Waals surface area contributed by atoms with E-state index in [-0.39, 0.29) is 13.2 Å². The maximum absolute atomic E-state index is 12.0. The summed E-state index contributed by atoms with van der Waals surface area (Å²) in [5.41, 5.74) is 0.336. The van der Waals surface area contributed by atoms with E-state index in [4.69, 9.17) is 9.84 Å². The number of hydrogen-bond donors (Lipinski definition) is 1. The smallest absolute Gasteiger partial charge is 0.323 e. The Morgan fingerprint density at radius 2 is 2.11 bits per heavy atom. The highest BCUT2D eigenvalue weighted by Gasteiger charge is 2.17. The zero-order chi connectivity index (χ0) is 13.5. The quantitative estimate of drug-likeness (QED) is 0.774. The molecule has 0 fully saturated rings. The summed E-state index contributed by atoms with van der Waals surface area (Å²) in [6.45, 7) is 3.46. The Kier molecular flexibility index (Phi) is 4.92. The Hall–Kier alpha value is -2.30. The van der Waals surface area contributed by atoms with E-state index in [0.717, 1.165) is 4.90 Å². The third kappa shape index (κ3) is 3.62. The summed E-state index contributed by atoms with van der Waals surface area (Å²) in [7, 11) is 1.43. The first-order valence-corrected chi connectivity index (χ1v) is 5.36. The fourth-order valence-corrected chi connectivity index (χ4v) is 1.40. The van der Waals surface area contributed by atoms with Crippen molar-refractivity contribution in [3.8, 4) is 5.75 Å². The highest BCUT2D eigenvalue weighted by Crippen LogP contribution is 2.19. The summed E-state index contributed by atoms with van der Waals surface area (Å²) in [5, 5.41) is 8.65. The maximum atomic E-state index is 12.0. The molecule has 18 heavy (non-hydrogen) atoms. The average Bonchev–Trinajstić information content (AvgIpc) is 2.35. The summed E-state index contributed by atoms with van der Waals surface area (Å²) in [4.78, 5) is 23.7. The molecule has 1 N–H and O–H groups in total. The van der Waals surface area contributed by atoms with Crippen LogP contribution in [-0.4, -0.2) is 42.1 Å². The van der Waals surface area contributed by atoms with E-state index in [1.165, 1.54) is 7.05 Å². The molecule has 96 valence electrons. The number of hydrogen-bond acceptors (Lipinski definition) is 3. The number of amides is 1. The molecule has 0 radical (unpaired) electrons. The van der Waals surface area contributed by atoms with Crippen LogP contribution in [0.2, 0.25) is 0 Å². The topological polar surface area (TPSA) is 66.8 Å². The monoisotopic (exact) mass is 249 g/mol. The molecule has 0 aliphatic rings. The van der Waals surface area contributed by atoms with Crippen molar-refractivity contribution in [3.05, 3.63) is 42.5 Å². The zero-order valence-electron chi connectivity index (χ0n) is 10.1. The molecular weight excluding hydrogens is 234 g/mol. The fourth-order valence-electron chi connectivity index (χ4n) is 1.40. The first kappa shape index (κ1) is 13.8. The lowest BCUT2D eigenvalue weighted by Crippen LogP contribution is -2.32. The molecule has 0 bridgehead atoms. The third-order valence-electron chi connectivity index (χ3n) is 2.19. The standard InChI is InChI=1S/C13H15NO4/c1-3-8-18-11-7-5-4-6-10(11)13(17)14(2)9-12(15)16/h3-7H,1,8-9H2,2H3,(H,15,16). The average molecular weight is 249 g/mol. The predicted molar refractivity (Wildman–Crippen MR) is 66.7 cm³/mol. The molecule has 5 nitrogen and oxygen atoms in total. The van der Waals surface area contributed by atoms with Gasteiger partial charge in [0.1, 0.15) is 18.9 Å². The minimum absolute atomic E-state index is 0.285. The summed E-state index contributed by atoms with van der Waals surface area (Å²) in [6, 6.07) is 6.69. The lowest BCUT2D eigenvalue weighted by Gasteiger charge is -2.16. The molecule has 1 rings (SSSR count). The molecule has 0 aliphatic heterocycles. The molecule has 0 unspecified atom stereocenters. The van der Waals surface area contributed by atoms with Crippen molar-refractivity contribution in [2.75, 3.05) is 20.2 Å². The van der Waals surface area contributed by atoms with Crippen LogP contribution in [0, 0.1) is 0 Å². The number of ether oxygens (including phenoxy) is 1. The largest absolute Gasteiger partial charge is 0.489 e. The number of benzene rings is 1. The van der Waals surface area contributed by atoms with Crippen molar-refractivity contribution in [1.29, 1.82) is 0 Å². The van der Waals surface area contributed by atoms with Gasteiger partial charge in [-0.2, -0.15) is 0 Å². The van der Waals surface area contributed by atoms with E-state index < -0.39 is 11.9 Å². The van der Waals surface area contributed by atoms with Gasteiger partial charge in [-0.05, 0) is 12.1 Å². The number of aliphatic carboxylic acids is 1. The van der Waals surface area contributed by atoms with Crippen LogP contribution in [0.25, 0.3) is 0 Å². The van der Waals surface area contributed by atoms with Crippen LogP contribution in [-0.2, 0) is 4.79 Å². The second kappa shape index (κ2) is 6.44. The van der Waals surface area contributed by atoms with Crippen LogP contribution in [0.4, 0.5) is 0 Å². The lowest BCUT2D eigenvalue weighted by molar-refractivity contribution is -0.137. The molecule has 0 spiro atoms. The predicted octanol–water partition coefficient (Wildman–Crippen LogP) is 1.41. The van der Waals surface area contributed by atoms with Crippen LogP contribution in [0.5, 0.6) is 5.75 Å². The first-order valence-electron chi connectivity index (χ1n) is 5.36. The molecule has 0 saturated heterocycles. The van der Waals surface area contributed by atoms with Crippen molar-refractivity contribution in [2.24, 2.45) is 0 Å². The van der Waals surface area contributed by atoms with Gasteiger partial charge in [0.05, 0.1) is 5.56 Å². The molecule has 0 heterocycles. The van der Waals surface area contributed by atoms with Crippen LogP contribution >= 0.6 is 0 Å². The van der Waals surface area contributed by atoms with Crippen molar-refractivity contribution < 1.29 is 19.4 Å². The maximum Gasteiger partial charge on any atom is 0.323 e. The highest BCUT2D eigenvalue weighted by molar-refractivity contribution is 5.98. The van der Waals surface area contributed by atoms with Crippen LogP contribution in [0.15, 0.2) is 36.9 Å². The second-order valence-electron chi connectivity index (χ2n) is 3.65. The van der Waals surface area contributed by atoms with Crippen LogP contribution < -0.4 is 4.74 Å². The number of likely N-dealkylation sites (N-methyl/N-ethyl adjacent to an activating group) is 1. The van der Waals surface area contributed by atoms with Crippen LogP contribution in [0.3, 0.4) is 0 Å². The number of nitrogens with zero attached hydrogens (tertiary/aromatic N) is 1. The van der Waals surface area contributed by atoms with Crippen molar-refractivity contribution in [3.63, 3.8) is 0 Å². The summed E-state index contributed by atoms with van der Waals surface area (Å²) in [6.07, 6.45) is 1.57. The molecule has 0 aromatic heterocycles. The number of carbonyl (C=O) groups excluding carboxylic acids is 1. The Morgan fingerprint density at radius 1 is 1.44 bits per heavy atom. The lowest BCUT2D eigenvalue weighted by atomic mass is 10.2. The van der Waals surface area contributed by atoms with Gasteiger partial charge in [0.2, 0.25) is 0 Å². The first-order chi connectivity index (χ1) is 8.56. The van der Waals surface area contributed by atoms with Gasteiger partial charge in [-0.3, -0.25) is 9.59 Å². The van der Waals surface area contributed by atoms with Gasteiger partial charge in [0.25, 0.3) is 5.91 Å². The molecule has 1 aromatic rings. The van der Waals surface area contributed by atoms with E-state index in [9.17, 15) is 9.59 Å². The Morgan fingerprint density at radius 3 is 2.72 bits per heavy atom. The SMILES string of the molecule is C=CCOc1ccccc1C(=O)N(C)CC(=O)O. The molecule has 1 amide bonds. The number of para-hydroxylation sites is 1. The van der Waals surface area contributed by atoms with Gasteiger partial charge < -0.3 is 14.7 Å². The Labute approximate surface area is 105 Å². The molecule has 0 atom stereocenters. The highest BCUT2D eigenvalue weighted by atomic mass is 16.5. The van der Waals surface area contributed by atoms with E-state index >= 15 is 0 Å². The Balaban J connectivity index is 2.90. The number of rotatable bonds is 6. The fraction of sp³-hybridized carbons (Fsp3) is 0.231. The van der Waals surface area contributed by atoms with Crippen molar-refractivity contribution in [2.45, 2.75) is 0 Å². The van der Waals surface area contributed by atoms with Gasteiger partial charge in [-0.25, -0.2) is 0 Å². The molecule has 1 aromatic carbocycles. The minimum Gasteiger partial charge on any atom is -0.489 e.